The summed E-state index contributed by atoms with van der Waals surface area (Å²) in [6.07, 6.45) is 8.19. The van der Waals surface area contributed by atoms with Gasteiger partial charge < -0.3 is 4.57 Å². The lowest BCUT2D eigenvalue weighted by Gasteiger charge is -2.18. The molecule has 1 unspecified atom stereocenters. The molecule has 0 amide bonds. The third-order valence-corrected chi connectivity index (χ3v) is 5.37. The highest BCUT2D eigenvalue weighted by Gasteiger charge is 2.18. The van der Waals surface area contributed by atoms with Gasteiger partial charge >= 0.3 is 0 Å². The number of benzene rings is 2. The van der Waals surface area contributed by atoms with E-state index in [1.54, 1.807) is 0 Å². The van der Waals surface area contributed by atoms with Crippen LogP contribution in [0.3, 0.4) is 0 Å². The average molecular weight is 379 g/mol. The number of fused-ring (bicyclic) bond motifs is 1. The third-order valence-electron chi connectivity index (χ3n) is 5.37. The van der Waals surface area contributed by atoms with Gasteiger partial charge in [-0.25, -0.2) is 4.98 Å². The molecule has 142 valence electrons. The Bertz CT molecular complexity index is 1220. The minimum atomic E-state index is 0.164. The number of rotatable bonds is 5. The molecule has 0 radical (unpaired) electrons. The van der Waals surface area contributed by atoms with Crippen LogP contribution in [0.4, 0.5) is 0 Å². The molecular weight excluding hydrogens is 358 g/mol. The highest BCUT2D eigenvalue weighted by molar-refractivity contribution is 5.82. The van der Waals surface area contributed by atoms with Crippen molar-refractivity contribution in [3.8, 4) is 11.1 Å². The van der Waals surface area contributed by atoms with Crippen LogP contribution in [0.5, 0.6) is 0 Å². The topological polar surface area (TPSA) is 59.4 Å². The zero-order valence-corrected chi connectivity index (χ0v) is 16.2. The Kier molecular flexibility index (Phi) is 4.41. The van der Waals surface area contributed by atoms with Crippen molar-refractivity contribution in [2.75, 3.05) is 0 Å². The first-order valence-corrected chi connectivity index (χ1v) is 9.73. The van der Waals surface area contributed by atoms with E-state index in [1.807, 2.05) is 36.9 Å². The second kappa shape index (κ2) is 7.36. The van der Waals surface area contributed by atoms with Gasteiger partial charge in [-0.05, 0) is 47.9 Å². The molecule has 0 saturated carbocycles. The van der Waals surface area contributed by atoms with Crippen LogP contribution < -0.4 is 0 Å². The van der Waals surface area contributed by atoms with Gasteiger partial charge in [0.2, 0.25) is 0 Å². The van der Waals surface area contributed by atoms with Crippen LogP contribution in [-0.4, -0.2) is 24.7 Å². The molecule has 5 nitrogen and oxygen atoms in total. The Labute approximate surface area is 169 Å². The lowest BCUT2D eigenvalue weighted by Crippen LogP contribution is -2.11. The van der Waals surface area contributed by atoms with Gasteiger partial charge in [-0.3, -0.25) is 10.1 Å². The molecule has 1 atom stereocenters. The van der Waals surface area contributed by atoms with Crippen LogP contribution in [-0.2, 0) is 6.42 Å². The number of H-pyrrole nitrogens is 1. The molecule has 0 aliphatic carbocycles. The fourth-order valence-electron chi connectivity index (χ4n) is 3.85. The molecule has 1 N–H and O–H groups in total. The van der Waals surface area contributed by atoms with Gasteiger partial charge in [-0.1, -0.05) is 36.4 Å². The molecule has 0 fully saturated rings. The summed E-state index contributed by atoms with van der Waals surface area (Å²) < 4.78 is 2.36. The number of pyridine rings is 1. The Balaban J connectivity index is 1.68. The summed E-state index contributed by atoms with van der Waals surface area (Å²) in [6, 6.07) is 21.3. The standard InChI is InChI=1S/C24H21N5/c1-17(19-5-3-2-4-6-19)29-23-14-20(21-15-26-27-16-21)7-8-22(23)28-24(29)13-18-9-11-25-12-10-18/h2-12,14-17H,13H2,1H3,(H,26,27). The summed E-state index contributed by atoms with van der Waals surface area (Å²) in [6.45, 7) is 2.23. The molecule has 3 aromatic heterocycles. The quantitative estimate of drug-likeness (QED) is 0.466. The van der Waals surface area contributed by atoms with E-state index in [4.69, 9.17) is 4.98 Å². The van der Waals surface area contributed by atoms with E-state index in [0.29, 0.717) is 0 Å². The first kappa shape index (κ1) is 17.4. The maximum atomic E-state index is 5.00. The van der Waals surface area contributed by atoms with Crippen molar-refractivity contribution < 1.29 is 0 Å². The fraction of sp³-hybridized carbons (Fsp3) is 0.125. The Morgan fingerprint density at radius 1 is 0.966 bits per heavy atom. The van der Waals surface area contributed by atoms with E-state index in [1.165, 1.54) is 11.1 Å². The number of aromatic amines is 1. The molecule has 0 bridgehead atoms. The number of nitrogens with one attached hydrogen (secondary N) is 1. The van der Waals surface area contributed by atoms with E-state index in [9.17, 15) is 0 Å². The highest BCUT2D eigenvalue weighted by Crippen LogP contribution is 2.30. The summed E-state index contributed by atoms with van der Waals surface area (Å²) in [5.74, 6) is 1.05. The van der Waals surface area contributed by atoms with Gasteiger partial charge in [0, 0.05) is 30.6 Å². The zero-order chi connectivity index (χ0) is 19.6. The summed E-state index contributed by atoms with van der Waals surface area (Å²) in [4.78, 5) is 9.13. The van der Waals surface area contributed by atoms with Crippen LogP contribution in [0.1, 0.15) is 29.9 Å². The molecule has 5 aromatic rings. The van der Waals surface area contributed by atoms with Gasteiger partial charge in [-0.2, -0.15) is 5.10 Å². The monoisotopic (exact) mass is 379 g/mol. The van der Waals surface area contributed by atoms with E-state index in [2.05, 4.69) is 75.2 Å². The lowest BCUT2D eigenvalue weighted by molar-refractivity contribution is 0.627. The van der Waals surface area contributed by atoms with Gasteiger partial charge in [0.15, 0.2) is 0 Å². The van der Waals surface area contributed by atoms with E-state index >= 15 is 0 Å². The first-order valence-electron chi connectivity index (χ1n) is 9.73. The van der Waals surface area contributed by atoms with E-state index in [0.717, 1.165) is 34.4 Å². The number of imidazole rings is 1. The Morgan fingerprint density at radius 3 is 2.55 bits per heavy atom. The number of hydrogen-bond acceptors (Lipinski definition) is 3. The van der Waals surface area contributed by atoms with Crippen LogP contribution in [0.15, 0.2) is 85.5 Å². The summed E-state index contributed by atoms with van der Waals surface area (Å²) in [5, 5.41) is 6.99. The van der Waals surface area contributed by atoms with Crippen LogP contribution in [0.25, 0.3) is 22.2 Å². The predicted molar refractivity (Wildman–Crippen MR) is 115 cm³/mol. The Morgan fingerprint density at radius 2 is 1.79 bits per heavy atom. The van der Waals surface area contributed by atoms with Crippen LogP contribution in [0.2, 0.25) is 0 Å². The van der Waals surface area contributed by atoms with Crippen molar-refractivity contribution in [3.05, 3.63) is 102 Å². The fourth-order valence-corrected chi connectivity index (χ4v) is 3.85. The predicted octanol–water partition coefficient (Wildman–Crippen LogP) is 5.02. The number of hydrogen-bond donors (Lipinski definition) is 1. The molecule has 2 aromatic carbocycles. The van der Waals surface area contributed by atoms with Crippen molar-refractivity contribution in [3.63, 3.8) is 0 Å². The Hall–Kier alpha value is -3.73. The molecule has 5 heteroatoms. The second-order valence-electron chi connectivity index (χ2n) is 7.21. The molecule has 0 spiro atoms. The average Bonchev–Trinajstić information content (AvgIpc) is 3.42. The van der Waals surface area contributed by atoms with Gasteiger partial charge in [0.05, 0.1) is 23.3 Å². The largest absolute Gasteiger partial charge is 0.320 e. The molecule has 29 heavy (non-hydrogen) atoms. The highest BCUT2D eigenvalue weighted by atomic mass is 15.1. The van der Waals surface area contributed by atoms with Crippen molar-refractivity contribution in [2.24, 2.45) is 0 Å². The minimum Gasteiger partial charge on any atom is -0.320 e. The van der Waals surface area contributed by atoms with Crippen LogP contribution in [0, 0.1) is 0 Å². The van der Waals surface area contributed by atoms with Crippen molar-refractivity contribution >= 4 is 11.0 Å². The SMILES string of the molecule is CC(c1ccccc1)n1c(Cc2ccncc2)nc2ccc(-c3cn[nH]c3)cc21. The summed E-state index contributed by atoms with van der Waals surface area (Å²) in [5.41, 5.74) is 6.79. The van der Waals surface area contributed by atoms with Crippen LogP contribution >= 0.6 is 0 Å². The van der Waals surface area contributed by atoms with Gasteiger partial charge in [0.25, 0.3) is 0 Å². The molecule has 3 heterocycles. The summed E-state index contributed by atoms with van der Waals surface area (Å²) >= 11 is 0. The van der Waals surface area contributed by atoms with Crippen molar-refractivity contribution in [2.45, 2.75) is 19.4 Å². The third kappa shape index (κ3) is 3.31. The molecular formula is C24H21N5. The summed E-state index contributed by atoms with van der Waals surface area (Å²) in [7, 11) is 0. The molecule has 5 rings (SSSR count). The maximum Gasteiger partial charge on any atom is 0.114 e. The molecule has 0 saturated heterocycles. The molecule has 0 aliphatic rings. The minimum absolute atomic E-state index is 0.164. The first-order chi connectivity index (χ1) is 14.3. The van der Waals surface area contributed by atoms with E-state index in [-0.39, 0.29) is 6.04 Å². The lowest BCUT2D eigenvalue weighted by atomic mass is 10.1. The zero-order valence-electron chi connectivity index (χ0n) is 16.2. The van der Waals surface area contributed by atoms with Gasteiger partial charge in [-0.15, -0.1) is 0 Å². The smallest absolute Gasteiger partial charge is 0.114 e. The van der Waals surface area contributed by atoms with Crippen molar-refractivity contribution in [1.29, 1.82) is 0 Å². The van der Waals surface area contributed by atoms with E-state index < -0.39 is 0 Å². The second-order valence-corrected chi connectivity index (χ2v) is 7.21. The van der Waals surface area contributed by atoms with Crippen molar-refractivity contribution in [1.82, 2.24) is 24.7 Å². The maximum absolute atomic E-state index is 5.00. The molecule has 0 aliphatic heterocycles. The number of nitrogens with zero attached hydrogens (tertiary/aromatic N) is 4. The normalized spacial score (nSPS) is 12.3. The number of aromatic nitrogens is 5. The van der Waals surface area contributed by atoms with Gasteiger partial charge in [0.1, 0.15) is 5.82 Å².